The van der Waals surface area contributed by atoms with Crippen molar-refractivity contribution in [3.63, 3.8) is 0 Å². The van der Waals surface area contributed by atoms with E-state index in [9.17, 15) is 4.79 Å². The second-order valence-corrected chi connectivity index (χ2v) is 5.72. The maximum absolute atomic E-state index is 12.3. The highest BCUT2D eigenvalue weighted by Crippen LogP contribution is 2.27. The third-order valence-electron chi connectivity index (χ3n) is 2.89. The number of nitrogens with zero attached hydrogens (tertiary/aromatic N) is 1. The molecule has 1 saturated heterocycles. The number of likely N-dealkylation sites (tertiary alicyclic amines) is 1. The molecule has 1 aliphatic heterocycles. The molecule has 1 N–H and O–H groups in total. The van der Waals surface area contributed by atoms with Gasteiger partial charge in [0.1, 0.15) is 4.88 Å². The first-order valence-electron chi connectivity index (χ1n) is 5.42. The smallest absolute Gasteiger partial charge is 0.265 e. The number of likely N-dealkylation sites (N-methyl/N-ethyl adjacent to an activating group) is 1. The Morgan fingerprint density at radius 2 is 2.47 bits per heavy atom. The highest BCUT2D eigenvalue weighted by Gasteiger charge is 2.30. The second-order valence-electron chi connectivity index (χ2n) is 3.95. The Balaban J connectivity index is 0.00000144. The van der Waals surface area contributed by atoms with Gasteiger partial charge in [0, 0.05) is 23.6 Å². The average Bonchev–Trinajstić information content (AvgIpc) is 2.87. The van der Waals surface area contributed by atoms with E-state index in [4.69, 9.17) is 0 Å². The fourth-order valence-electron chi connectivity index (χ4n) is 2.13. The van der Waals surface area contributed by atoms with Crippen LogP contribution in [0.4, 0.5) is 0 Å². The summed E-state index contributed by atoms with van der Waals surface area (Å²) < 4.78 is 0.914. The summed E-state index contributed by atoms with van der Waals surface area (Å²) in [4.78, 5) is 15.1. The van der Waals surface area contributed by atoms with Gasteiger partial charge in [-0.15, -0.1) is 23.7 Å². The van der Waals surface area contributed by atoms with Gasteiger partial charge in [0.25, 0.3) is 5.91 Å². The number of thiophene rings is 1. The summed E-state index contributed by atoms with van der Waals surface area (Å²) in [6.45, 7) is 1.77. The molecule has 1 aromatic heterocycles. The number of carbonyl (C=O) groups excluding carboxylic acids is 1. The van der Waals surface area contributed by atoms with E-state index in [0.29, 0.717) is 6.04 Å². The van der Waals surface area contributed by atoms with Crippen LogP contribution in [0.2, 0.25) is 0 Å². The van der Waals surface area contributed by atoms with Crippen molar-refractivity contribution in [2.24, 2.45) is 0 Å². The van der Waals surface area contributed by atoms with Crippen LogP contribution in [-0.2, 0) is 0 Å². The lowest BCUT2D eigenvalue weighted by molar-refractivity contribution is 0.0741. The number of hydrogen-bond acceptors (Lipinski definition) is 3. The molecule has 1 unspecified atom stereocenters. The number of amides is 1. The molecular weight excluding hydrogens is 324 g/mol. The highest BCUT2D eigenvalue weighted by atomic mass is 79.9. The lowest BCUT2D eigenvalue weighted by atomic mass is 10.2. The Morgan fingerprint density at radius 3 is 3.06 bits per heavy atom. The van der Waals surface area contributed by atoms with Crippen LogP contribution in [0.3, 0.4) is 0 Å². The van der Waals surface area contributed by atoms with Crippen molar-refractivity contribution in [1.82, 2.24) is 10.2 Å². The minimum Gasteiger partial charge on any atom is -0.334 e. The lowest BCUT2D eigenvalue weighted by Crippen LogP contribution is -2.40. The van der Waals surface area contributed by atoms with Crippen molar-refractivity contribution in [2.75, 3.05) is 20.1 Å². The molecule has 0 radical (unpaired) electrons. The topological polar surface area (TPSA) is 32.3 Å². The number of nitrogens with one attached hydrogen (secondary N) is 1. The maximum Gasteiger partial charge on any atom is 0.265 e. The van der Waals surface area contributed by atoms with Crippen molar-refractivity contribution in [2.45, 2.75) is 18.9 Å². The predicted octanol–water partition coefficient (Wildman–Crippen LogP) is 2.76. The molecule has 96 valence electrons. The van der Waals surface area contributed by atoms with Gasteiger partial charge in [-0.3, -0.25) is 4.79 Å². The highest BCUT2D eigenvalue weighted by molar-refractivity contribution is 9.10. The predicted molar refractivity (Wildman–Crippen MR) is 77.3 cm³/mol. The number of hydrogen-bond donors (Lipinski definition) is 1. The van der Waals surface area contributed by atoms with Gasteiger partial charge in [-0.2, -0.15) is 0 Å². The largest absolute Gasteiger partial charge is 0.334 e. The minimum absolute atomic E-state index is 0. The molecule has 1 aliphatic rings. The summed E-state index contributed by atoms with van der Waals surface area (Å²) in [7, 11) is 1.93. The van der Waals surface area contributed by atoms with Gasteiger partial charge in [-0.1, -0.05) is 0 Å². The first-order valence-corrected chi connectivity index (χ1v) is 7.10. The van der Waals surface area contributed by atoms with E-state index in [1.54, 1.807) is 0 Å². The molecule has 0 aromatic carbocycles. The third kappa shape index (κ3) is 3.22. The zero-order valence-corrected chi connectivity index (χ0v) is 12.8. The first-order chi connectivity index (χ1) is 7.74. The molecule has 0 saturated carbocycles. The molecule has 2 heterocycles. The summed E-state index contributed by atoms with van der Waals surface area (Å²) >= 11 is 4.93. The second kappa shape index (κ2) is 6.73. The van der Waals surface area contributed by atoms with Crippen LogP contribution >= 0.6 is 39.7 Å². The number of halogens is 2. The van der Waals surface area contributed by atoms with E-state index in [-0.39, 0.29) is 18.3 Å². The SMILES string of the molecule is CNCC1CCCN1C(=O)c1sccc1Br.Cl. The van der Waals surface area contributed by atoms with Crippen molar-refractivity contribution in [1.29, 1.82) is 0 Å². The molecular formula is C11H16BrClN2OS. The molecule has 0 spiro atoms. The van der Waals surface area contributed by atoms with Gasteiger partial charge in [0.15, 0.2) is 0 Å². The van der Waals surface area contributed by atoms with E-state index >= 15 is 0 Å². The van der Waals surface area contributed by atoms with Crippen LogP contribution in [0.1, 0.15) is 22.5 Å². The molecule has 1 atom stereocenters. The quantitative estimate of drug-likeness (QED) is 0.918. The fraction of sp³-hybridized carbons (Fsp3) is 0.545. The van der Waals surface area contributed by atoms with Crippen LogP contribution in [-0.4, -0.2) is 37.0 Å². The van der Waals surface area contributed by atoms with E-state index in [2.05, 4.69) is 21.2 Å². The fourth-order valence-corrected chi connectivity index (χ4v) is 3.62. The van der Waals surface area contributed by atoms with Crippen LogP contribution in [0.25, 0.3) is 0 Å². The Kier molecular flexibility index (Phi) is 5.92. The van der Waals surface area contributed by atoms with Crippen LogP contribution in [0.5, 0.6) is 0 Å². The van der Waals surface area contributed by atoms with Gasteiger partial charge in [0.2, 0.25) is 0 Å². The zero-order chi connectivity index (χ0) is 11.5. The molecule has 17 heavy (non-hydrogen) atoms. The van der Waals surface area contributed by atoms with Gasteiger partial charge in [-0.25, -0.2) is 0 Å². The van der Waals surface area contributed by atoms with Gasteiger partial charge >= 0.3 is 0 Å². The van der Waals surface area contributed by atoms with Crippen LogP contribution in [0, 0.1) is 0 Å². The molecule has 2 rings (SSSR count). The van der Waals surface area contributed by atoms with Crippen molar-refractivity contribution < 1.29 is 4.79 Å². The summed E-state index contributed by atoms with van der Waals surface area (Å²) in [6, 6.07) is 2.28. The number of carbonyl (C=O) groups is 1. The zero-order valence-electron chi connectivity index (χ0n) is 9.61. The maximum atomic E-state index is 12.3. The van der Waals surface area contributed by atoms with E-state index < -0.39 is 0 Å². The summed E-state index contributed by atoms with van der Waals surface area (Å²) in [5.74, 6) is 0.166. The summed E-state index contributed by atoms with van der Waals surface area (Å²) in [6.07, 6.45) is 2.22. The molecule has 3 nitrogen and oxygen atoms in total. The molecule has 1 aromatic rings. The Morgan fingerprint density at radius 1 is 1.71 bits per heavy atom. The Labute approximate surface area is 120 Å². The van der Waals surface area contributed by atoms with Crippen LogP contribution in [0.15, 0.2) is 15.9 Å². The van der Waals surface area contributed by atoms with Crippen LogP contribution < -0.4 is 5.32 Å². The lowest BCUT2D eigenvalue weighted by Gasteiger charge is -2.24. The van der Waals surface area contributed by atoms with E-state index in [0.717, 1.165) is 35.3 Å². The molecule has 0 bridgehead atoms. The number of rotatable bonds is 3. The Bertz CT molecular complexity index is 385. The van der Waals surface area contributed by atoms with E-state index in [1.807, 2.05) is 23.4 Å². The molecule has 1 fully saturated rings. The van der Waals surface area contributed by atoms with E-state index in [1.165, 1.54) is 11.3 Å². The van der Waals surface area contributed by atoms with Crippen molar-refractivity contribution >= 4 is 45.6 Å². The summed E-state index contributed by atoms with van der Waals surface area (Å²) in [5, 5.41) is 5.10. The monoisotopic (exact) mass is 338 g/mol. The van der Waals surface area contributed by atoms with Gasteiger partial charge in [0.05, 0.1) is 0 Å². The summed E-state index contributed by atoms with van der Waals surface area (Å²) in [5.41, 5.74) is 0. The molecule has 0 aliphatic carbocycles. The molecule has 1 amide bonds. The standard InChI is InChI=1S/C11H15BrN2OS.ClH/c1-13-7-8-3-2-5-14(8)11(15)10-9(12)4-6-16-10;/h4,6,8,13H,2-3,5,7H2,1H3;1H. The van der Waals surface area contributed by atoms with Crippen molar-refractivity contribution in [3.8, 4) is 0 Å². The average molecular weight is 340 g/mol. The Hall–Kier alpha value is -0.100. The van der Waals surface area contributed by atoms with Gasteiger partial charge in [-0.05, 0) is 47.3 Å². The third-order valence-corrected chi connectivity index (χ3v) is 4.71. The van der Waals surface area contributed by atoms with Gasteiger partial charge < -0.3 is 10.2 Å². The van der Waals surface area contributed by atoms with Crippen molar-refractivity contribution in [3.05, 3.63) is 20.8 Å². The molecule has 6 heteroatoms. The first kappa shape index (κ1) is 15.0. The minimum atomic E-state index is 0. The normalized spacial score (nSPS) is 19.2.